The van der Waals surface area contributed by atoms with Crippen molar-refractivity contribution >= 4 is 42.2 Å². The largest absolute Gasteiger partial charge is 0.507 e. The number of ether oxygens (including phenoxy) is 1. The van der Waals surface area contributed by atoms with Crippen molar-refractivity contribution in [2.45, 2.75) is 78.4 Å². The Morgan fingerprint density at radius 3 is 2.02 bits per heavy atom. The molecule has 4 atom stereocenters. The van der Waals surface area contributed by atoms with Gasteiger partial charge >= 0.3 is 0 Å². The highest BCUT2D eigenvalue weighted by Gasteiger charge is 2.57. The Labute approximate surface area is 328 Å². The van der Waals surface area contributed by atoms with Crippen molar-refractivity contribution in [3.05, 3.63) is 137 Å². The quantitative estimate of drug-likeness (QED) is 0.0679. The molecule has 0 unspecified atom stereocenters. The van der Waals surface area contributed by atoms with Crippen LogP contribution < -0.4 is 10.4 Å². The molecule has 2 amide bonds. The molecule has 2 fully saturated rings. The van der Waals surface area contributed by atoms with Crippen molar-refractivity contribution in [1.82, 2.24) is 4.90 Å². The minimum Gasteiger partial charge on any atom is -0.507 e. The summed E-state index contributed by atoms with van der Waals surface area (Å²) in [4.78, 5) is 29.5. The number of fused-ring (bicyclic) bond motifs is 3. The fraction of sp³-hybridized carbons (Fsp3) is 0.375. The van der Waals surface area contributed by atoms with Crippen LogP contribution >= 0.6 is 0 Å². The van der Waals surface area contributed by atoms with Crippen LogP contribution in [0.4, 0.5) is 0 Å². The van der Waals surface area contributed by atoms with Crippen LogP contribution in [0.2, 0.25) is 5.04 Å². The van der Waals surface area contributed by atoms with Crippen molar-refractivity contribution in [2.75, 3.05) is 19.8 Å². The molecule has 2 heterocycles. The van der Waals surface area contributed by atoms with Crippen molar-refractivity contribution in [3.8, 4) is 5.75 Å². The summed E-state index contributed by atoms with van der Waals surface area (Å²) in [6.07, 6.45) is 4.73. The smallest absolute Gasteiger partial charge is 0.261 e. The first-order valence-electron chi connectivity index (χ1n) is 19.9. The normalized spacial score (nSPS) is 21.6. The molecule has 4 aromatic carbocycles. The number of hydrogen-bond donors (Lipinski definition) is 1. The second kappa shape index (κ2) is 15.9. The SMILES string of the molecule is CCCN1C(=O)[C@@H]2[C@@H](CC(CO[Si](c3ccccc3)(c3ccccc3)C(C)(C)C)=C3[C@@H](CC/C(=C/c4cc(C)c(O)c(C)c4)c4ccccc4)OC[C@@H]32)C1=O. The summed E-state index contributed by atoms with van der Waals surface area (Å²) in [6, 6.07) is 35.8. The van der Waals surface area contributed by atoms with E-state index in [1.165, 1.54) is 26.4 Å². The summed E-state index contributed by atoms with van der Waals surface area (Å²) in [5.41, 5.74) is 7.35. The third kappa shape index (κ3) is 7.30. The number of amides is 2. The number of carbonyl (C=O) groups is 2. The highest BCUT2D eigenvalue weighted by atomic mass is 28.4. The lowest BCUT2D eigenvalue weighted by molar-refractivity contribution is -0.140. The van der Waals surface area contributed by atoms with Crippen LogP contribution in [-0.2, 0) is 18.8 Å². The van der Waals surface area contributed by atoms with Gasteiger partial charge in [-0.1, -0.05) is 125 Å². The minimum atomic E-state index is -2.89. The Morgan fingerprint density at radius 2 is 1.45 bits per heavy atom. The Balaban J connectivity index is 1.29. The molecule has 2 aliphatic heterocycles. The van der Waals surface area contributed by atoms with Gasteiger partial charge in [0, 0.05) is 12.5 Å². The minimum absolute atomic E-state index is 0.0431. The van der Waals surface area contributed by atoms with E-state index in [9.17, 15) is 14.7 Å². The fourth-order valence-electron chi connectivity index (χ4n) is 9.58. The number of allylic oxidation sites excluding steroid dienone is 1. The molecular weight excluding hydrogens is 699 g/mol. The van der Waals surface area contributed by atoms with Crippen LogP contribution in [0.1, 0.15) is 75.6 Å². The van der Waals surface area contributed by atoms with Gasteiger partial charge in [0.2, 0.25) is 11.8 Å². The molecule has 1 N–H and O–H groups in total. The third-order valence-corrected chi connectivity index (χ3v) is 17.1. The molecule has 0 radical (unpaired) electrons. The van der Waals surface area contributed by atoms with E-state index in [0.29, 0.717) is 31.9 Å². The highest BCUT2D eigenvalue weighted by molar-refractivity contribution is 6.99. The van der Waals surface area contributed by atoms with Crippen LogP contribution in [0.25, 0.3) is 11.6 Å². The van der Waals surface area contributed by atoms with E-state index in [4.69, 9.17) is 9.16 Å². The topological polar surface area (TPSA) is 76.1 Å². The van der Waals surface area contributed by atoms with Crippen LogP contribution in [0.3, 0.4) is 0 Å². The Kier molecular flexibility index (Phi) is 11.2. The number of hydrogen-bond acceptors (Lipinski definition) is 5. The molecule has 0 spiro atoms. The van der Waals surface area contributed by atoms with Gasteiger partial charge in [0.25, 0.3) is 8.32 Å². The number of nitrogens with zero attached hydrogens (tertiary/aromatic N) is 1. The molecule has 1 aliphatic carbocycles. The lowest BCUT2D eigenvalue weighted by atomic mass is 9.69. The maximum Gasteiger partial charge on any atom is 0.261 e. The van der Waals surface area contributed by atoms with E-state index in [2.05, 4.69) is 112 Å². The number of likely N-dealkylation sites (tertiary alicyclic amines) is 1. The van der Waals surface area contributed by atoms with Crippen molar-refractivity contribution in [3.63, 3.8) is 0 Å². The Morgan fingerprint density at radius 1 is 0.873 bits per heavy atom. The summed E-state index contributed by atoms with van der Waals surface area (Å²) in [5.74, 6) is -0.714. The van der Waals surface area contributed by atoms with Gasteiger partial charge in [-0.15, -0.1) is 0 Å². The molecule has 0 bridgehead atoms. The zero-order valence-electron chi connectivity index (χ0n) is 33.2. The lowest BCUT2D eigenvalue weighted by Crippen LogP contribution is -2.66. The summed E-state index contributed by atoms with van der Waals surface area (Å²) in [5, 5.41) is 12.7. The van der Waals surface area contributed by atoms with Crippen LogP contribution in [0.5, 0.6) is 5.75 Å². The summed E-state index contributed by atoms with van der Waals surface area (Å²) < 4.78 is 14.3. The second-order valence-electron chi connectivity index (χ2n) is 16.7. The monoisotopic (exact) mass is 753 g/mol. The number of phenolic OH excluding ortho intramolecular Hbond substituents is 1. The third-order valence-electron chi connectivity index (χ3n) is 12.1. The molecular formula is C48H55NO5Si. The number of imide groups is 1. The van der Waals surface area contributed by atoms with E-state index in [-0.39, 0.29) is 28.9 Å². The molecule has 2 saturated heterocycles. The predicted molar refractivity (Wildman–Crippen MR) is 224 cm³/mol. The van der Waals surface area contributed by atoms with Crippen LogP contribution in [0.15, 0.2) is 114 Å². The van der Waals surface area contributed by atoms with Crippen molar-refractivity contribution in [1.29, 1.82) is 0 Å². The maximum atomic E-state index is 14.0. The molecule has 55 heavy (non-hydrogen) atoms. The van der Waals surface area contributed by atoms with E-state index < -0.39 is 20.2 Å². The van der Waals surface area contributed by atoms with Gasteiger partial charge < -0.3 is 14.3 Å². The first kappa shape index (κ1) is 38.7. The molecule has 6 nitrogen and oxygen atoms in total. The second-order valence-corrected chi connectivity index (χ2v) is 21.0. The number of benzene rings is 4. The number of rotatable bonds is 12. The molecule has 7 rings (SSSR count). The van der Waals surface area contributed by atoms with Crippen molar-refractivity contribution in [2.24, 2.45) is 17.8 Å². The van der Waals surface area contributed by atoms with Gasteiger partial charge in [-0.25, -0.2) is 0 Å². The van der Waals surface area contributed by atoms with Gasteiger partial charge in [-0.2, -0.15) is 0 Å². The average Bonchev–Trinajstić information content (AvgIpc) is 3.71. The number of carbonyl (C=O) groups excluding carboxylic acids is 2. The summed E-state index contributed by atoms with van der Waals surface area (Å²) in [6.45, 7) is 14.0. The number of aryl methyl sites for hydroxylation is 2. The zero-order valence-corrected chi connectivity index (χ0v) is 34.2. The van der Waals surface area contributed by atoms with Crippen LogP contribution in [0, 0.1) is 31.6 Å². The van der Waals surface area contributed by atoms with Crippen LogP contribution in [-0.4, -0.2) is 56.0 Å². The predicted octanol–water partition coefficient (Wildman–Crippen LogP) is 8.63. The molecule has 7 heteroatoms. The van der Waals surface area contributed by atoms with Gasteiger partial charge in [0.05, 0.1) is 31.2 Å². The molecule has 286 valence electrons. The summed E-state index contributed by atoms with van der Waals surface area (Å²) >= 11 is 0. The zero-order chi connectivity index (χ0) is 38.9. The van der Waals surface area contributed by atoms with Crippen molar-refractivity contribution < 1.29 is 23.9 Å². The van der Waals surface area contributed by atoms with E-state index in [1.54, 1.807) is 0 Å². The van der Waals surface area contributed by atoms with E-state index >= 15 is 0 Å². The van der Waals surface area contributed by atoms with Gasteiger partial charge in [0.1, 0.15) is 5.75 Å². The number of aromatic hydroxyl groups is 1. The molecule has 0 aromatic heterocycles. The van der Waals surface area contributed by atoms with E-state index in [0.717, 1.165) is 47.1 Å². The average molecular weight is 754 g/mol. The molecule has 3 aliphatic rings. The van der Waals surface area contributed by atoms with E-state index in [1.807, 2.05) is 39.0 Å². The highest BCUT2D eigenvalue weighted by Crippen LogP contribution is 2.51. The lowest BCUT2D eigenvalue weighted by Gasteiger charge is -2.44. The first-order valence-corrected chi connectivity index (χ1v) is 21.8. The summed E-state index contributed by atoms with van der Waals surface area (Å²) in [7, 11) is -2.89. The maximum absolute atomic E-state index is 14.0. The Hall–Kier alpha value is -4.56. The fourth-order valence-corrected chi connectivity index (χ4v) is 14.1. The van der Waals surface area contributed by atoms with Gasteiger partial charge in [-0.05, 0) is 106 Å². The standard InChI is InChI=1S/C48H55NO5Si/c1-7-25-49-46(51)40-29-37(30-54-55(48(4,5)6,38-19-13-9-14-20-38)39-21-15-10-16-22-39)43-41(44(40)47(49)52)31-53-42(43)24-23-36(35-17-11-8-12-18-35)28-34-26-32(2)45(50)33(3)27-34/h8-22,26-28,40-42,44,50H,7,23-25,29-31H2,1-6H3/b36-28-/t40-,41+,42-,44-/m1/s1. The molecule has 4 aromatic rings. The number of phenols is 1. The first-order chi connectivity index (χ1) is 26.4. The van der Waals surface area contributed by atoms with Gasteiger partial charge in [0.15, 0.2) is 0 Å². The van der Waals surface area contributed by atoms with Gasteiger partial charge in [-0.3, -0.25) is 14.5 Å². The Bertz CT molecular complexity index is 2020. The molecule has 0 saturated carbocycles.